The SMILES string of the molecule is O=C(O)COC(=O)N(C1CC1)C1c2ccccc2N(c2nnc(Cc3ccc(F)cc3)o2)C2CCCC21. The zero-order valence-electron chi connectivity index (χ0n) is 20.1. The smallest absolute Gasteiger partial charge is 0.411 e. The number of fused-ring (bicyclic) bond motifs is 2. The standard InChI is InChI=1S/C27H27FN4O5/c28-17-10-8-16(9-11-17)14-23-29-30-26(37-23)32-21-6-2-1-4-19(21)25(20-5-3-7-22(20)32)31(18-12-13-18)27(35)36-15-24(33)34/h1-2,4,6,8-11,18,20,22,25H,3,5,7,12-15H2,(H,33,34). The fourth-order valence-corrected chi connectivity index (χ4v) is 5.86. The second-order valence-electron chi connectivity index (χ2n) is 9.90. The van der Waals surface area contributed by atoms with Crippen molar-refractivity contribution in [1.29, 1.82) is 0 Å². The van der Waals surface area contributed by atoms with E-state index in [-0.39, 0.29) is 29.9 Å². The summed E-state index contributed by atoms with van der Waals surface area (Å²) >= 11 is 0. The highest BCUT2D eigenvalue weighted by molar-refractivity contribution is 5.76. The minimum atomic E-state index is -1.18. The maximum Gasteiger partial charge on any atom is 0.411 e. The minimum Gasteiger partial charge on any atom is -0.479 e. The number of para-hydroxylation sites is 1. The Bertz CT molecular complexity index is 1310. The summed E-state index contributed by atoms with van der Waals surface area (Å²) in [6.45, 7) is -0.657. The third-order valence-electron chi connectivity index (χ3n) is 7.48. The van der Waals surface area contributed by atoms with E-state index >= 15 is 0 Å². The lowest BCUT2D eigenvalue weighted by molar-refractivity contribution is -0.140. The maximum atomic E-state index is 13.3. The third-order valence-corrected chi connectivity index (χ3v) is 7.48. The van der Waals surface area contributed by atoms with Crippen LogP contribution in [0, 0.1) is 11.7 Å². The minimum absolute atomic E-state index is 0.0348. The van der Waals surface area contributed by atoms with Crippen molar-refractivity contribution in [2.24, 2.45) is 5.92 Å². The van der Waals surface area contributed by atoms with Gasteiger partial charge in [0.05, 0.1) is 18.2 Å². The Morgan fingerprint density at radius 2 is 1.86 bits per heavy atom. The number of anilines is 2. The summed E-state index contributed by atoms with van der Waals surface area (Å²) < 4.78 is 24.6. The molecule has 0 spiro atoms. The van der Waals surface area contributed by atoms with E-state index < -0.39 is 18.7 Å². The molecule has 3 aromatic rings. The lowest BCUT2D eigenvalue weighted by atomic mass is 9.82. The topological polar surface area (TPSA) is 109 Å². The molecule has 3 unspecified atom stereocenters. The Morgan fingerprint density at radius 1 is 1.08 bits per heavy atom. The number of carbonyl (C=O) groups is 2. The Morgan fingerprint density at radius 3 is 2.62 bits per heavy atom. The van der Waals surface area contributed by atoms with E-state index in [1.807, 2.05) is 24.3 Å². The summed E-state index contributed by atoms with van der Waals surface area (Å²) in [5.74, 6) is -0.937. The van der Waals surface area contributed by atoms with Crippen molar-refractivity contribution in [2.45, 2.75) is 56.7 Å². The molecule has 9 nitrogen and oxygen atoms in total. The average Bonchev–Trinajstić information content (AvgIpc) is 3.42. The van der Waals surface area contributed by atoms with Gasteiger partial charge in [-0.05, 0) is 55.0 Å². The van der Waals surface area contributed by atoms with Crippen molar-refractivity contribution >= 4 is 23.8 Å². The molecule has 2 fully saturated rings. The van der Waals surface area contributed by atoms with Gasteiger partial charge in [0, 0.05) is 18.0 Å². The summed E-state index contributed by atoms with van der Waals surface area (Å²) in [6.07, 6.45) is 4.35. The molecule has 3 atom stereocenters. The number of aliphatic carboxylic acids is 1. The lowest BCUT2D eigenvalue weighted by Gasteiger charge is -2.46. The van der Waals surface area contributed by atoms with E-state index in [0.29, 0.717) is 18.3 Å². The van der Waals surface area contributed by atoms with Gasteiger partial charge in [0.25, 0.3) is 0 Å². The maximum absolute atomic E-state index is 13.3. The Balaban J connectivity index is 1.34. The number of carbonyl (C=O) groups excluding carboxylic acids is 1. The predicted molar refractivity (Wildman–Crippen MR) is 130 cm³/mol. The van der Waals surface area contributed by atoms with Gasteiger partial charge in [0.15, 0.2) is 6.61 Å². The van der Waals surface area contributed by atoms with Crippen LogP contribution in [0.25, 0.3) is 0 Å². The molecule has 2 heterocycles. The summed E-state index contributed by atoms with van der Waals surface area (Å²) in [4.78, 5) is 28.1. The summed E-state index contributed by atoms with van der Waals surface area (Å²) in [6, 6.07) is 14.3. The normalized spacial score (nSPS) is 22.3. The molecule has 1 amide bonds. The first-order valence-electron chi connectivity index (χ1n) is 12.6. The first-order valence-corrected chi connectivity index (χ1v) is 12.6. The molecule has 0 saturated heterocycles. The van der Waals surface area contributed by atoms with Gasteiger partial charge in [-0.15, -0.1) is 5.10 Å². The molecule has 192 valence electrons. The highest BCUT2D eigenvalue weighted by Crippen LogP contribution is 2.54. The number of hydrogen-bond acceptors (Lipinski definition) is 7. The fourth-order valence-electron chi connectivity index (χ4n) is 5.86. The van der Waals surface area contributed by atoms with E-state index in [1.165, 1.54) is 12.1 Å². The van der Waals surface area contributed by atoms with Crippen molar-refractivity contribution in [3.63, 3.8) is 0 Å². The molecule has 2 aliphatic carbocycles. The number of nitrogens with zero attached hydrogens (tertiary/aromatic N) is 4. The lowest BCUT2D eigenvalue weighted by Crippen LogP contribution is -2.49. The first-order chi connectivity index (χ1) is 18.0. The highest BCUT2D eigenvalue weighted by atomic mass is 19.1. The number of carboxylic acid groups (broad SMARTS) is 1. The van der Waals surface area contributed by atoms with Crippen LogP contribution in [-0.2, 0) is 16.0 Å². The highest BCUT2D eigenvalue weighted by Gasteiger charge is 2.52. The molecular formula is C27H27FN4O5. The van der Waals surface area contributed by atoms with Crippen molar-refractivity contribution in [1.82, 2.24) is 15.1 Å². The largest absolute Gasteiger partial charge is 0.479 e. The summed E-state index contributed by atoms with van der Waals surface area (Å²) in [5, 5.41) is 17.7. The van der Waals surface area contributed by atoms with E-state index in [2.05, 4.69) is 15.1 Å². The van der Waals surface area contributed by atoms with Crippen LogP contribution < -0.4 is 4.90 Å². The van der Waals surface area contributed by atoms with Crippen LogP contribution in [0.3, 0.4) is 0 Å². The van der Waals surface area contributed by atoms with Gasteiger partial charge in [0.1, 0.15) is 5.82 Å². The van der Waals surface area contributed by atoms with E-state index in [9.17, 15) is 14.0 Å². The van der Waals surface area contributed by atoms with Crippen molar-refractivity contribution in [3.05, 3.63) is 71.4 Å². The molecule has 0 radical (unpaired) electrons. The number of ether oxygens (including phenoxy) is 1. The number of halogens is 1. The number of benzene rings is 2. The van der Waals surface area contributed by atoms with Gasteiger partial charge in [-0.1, -0.05) is 41.9 Å². The molecule has 10 heteroatoms. The molecular weight excluding hydrogens is 479 g/mol. The van der Waals surface area contributed by atoms with Crippen molar-refractivity contribution in [2.75, 3.05) is 11.5 Å². The number of hydrogen-bond donors (Lipinski definition) is 1. The number of rotatable bonds is 7. The molecule has 3 aliphatic rings. The van der Waals surface area contributed by atoms with Crippen LogP contribution in [0.2, 0.25) is 0 Å². The van der Waals surface area contributed by atoms with E-state index in [4.69, 9.17) is 14.3 Å². The van der Waals surface area contributed by atoms with Gasteiger partial charge >= 0.3 is 18.1 Å². The van der Waals surface area contributed by atoms with Gasteiger partial charge < -0.3 is 14.3 Å². The Hall–Kier alpha value is -3.95. The molecule has 1 aliphatic heterocycles. The molecule has 2 saturated carbocycles. The van der Waals surface area contributed by atoms with Gasteiger partial charge in [0.2, 0.25) is 5.89 Å². The second kappa shape index (κ2) is 9.49. The third kappa shape index (κ3) is 4.52. The van der Waals surface area contributed by atoms with Crippen LogP contribution in [0.1, 0.15) is 55.2 Å². The van der Waals surface area contributed by atoms with Gasteiger partial charge in [-0.2, -0.15) is 0 Å². The average molecular weight is 507 g/mol. The fraction of sp³-hybridized carbons (Fsp3) is 0.407. The quantitative estimate of drug-likeness (QED) is 0.485. The van der Waals surface area contributed by atoms with Crippen LogP contribution in [0.4, 0.5) is 20.9 Å². The van der Waals surface area contributed by atoms with Crippen molar-refractivity contribution < 1.29 is 28.2 Å². The Labute approximate surface area is 212 Å². The van der Waals surface area contributed by atoms with Crippen LogP contribution >= 0.6 is 0 Å². The van der Waals surface area contributed by atoms with Crippen LogP contribution in [-0.4, -0.2) is 51.0 Å². The Kier molecular flexibility index (Phi) is 6.02. The van der Waals surface area contributed by atoms with Crippen LogP contribution in [0.5, 0.6) is 0 Å². The van der Waals surface area contributed by atoms with E-state index in [1.54, 1.807) is 17.0 Å². The zero-order valence-corrected chi connectivity index (χ0v) is 20.1. The monoisotopic (exact) mass is 506 g/mol. The number of amides is 1. The molecule has 1 N–H and O–H groups in total. The zero-order chi connectivity index (χ0) is 25.5. The molecule has 0 bridgehead atoms. The van der Waals surface area contributed by atoms with Gasteiger partial charge in [-0.3, -0.25) is 9.80 Å². The summed E-state index contributed by atoms with van der Waals surface area (Å²) in [5.41, 5.74) is 2.72. The van der Waals surface area contributed by atoms with Crippen molar-refractivity contribution in [3.8, 4) is 0 Å². The molecule has 37 heavy (non-hydrogen) atoms. The molecule has 1 aromatic heterocycles. The van der Waals surface area contributed by atoms with Crippen LogP contribution in [0.15, 0.2) is 52.9 Å². The van der Waals surface area contributed by atoms with E-state index in [0.717, 1.165) is 48.9 Å². The molecule has 2 aromatic carbocycles. The second-order valence-corrected chi connectivity index (χ2v) is 9.90. The summed E-state index contributed by atoms with van der Waals surface area (Å²) in [7, 11) is 0. The number of carboxylic acids is 1. The number of aromatic nitrogens is 2. The molecule has 6 rings (SSSR count). The predicted octanol–water partition coefficient (Wildman–Crippen LogP) is 4.85. The van der Waals surface area contributed by atoms with Gasteiger partial charge in [-0.25, -0.2) is 14.0 Å². The first kappa shape index (κ1) is 23.4.